The third-order valence-electron chi connectivity index (χ3n) is 3.31. The Morgan fingerprint density at radius 2 is 2.27 bits per heavy atom. The zero-order valence-electron chi connectivity index (χ0n) is 12.5. The number of aromatic nitrogens is 1. The summed E-state index contributed by atoms with van der Waals surface area (Å²) >= 11 is 0. The second-order valence-electron chi connectivity index (χ2n) is 4.86. The minimum Gasteiger partial charge on any atom is -0.474 e. The van der Waals surface area contributed by atoms with Gasteiger partial charge < -0.3 is 20.9 Å². The van der Waals surface area contributed by atoms with E-state index in [1.165, 1.54) is 12.3 Å². The summed E-state index contributed by atoms with van der Waals surface area (Å²) in [6, 6.07) is 3.54. The molecule has 1 fully saturated rings. The van der Waals surface area contributed by atoms with Crippen molar-refractivity contribution in [3.63, 3.8) is 0 Å². The third-order valence-corrected chi connectivity index (χ3v) is 3.31. The second-order valence-corrected chi connectivity index (χ2v) is 4.86. The second kappa shape index (κ2) is 7.43. The van der Waals surface area contributed by atoms with Gasteiger partial charge in [-0.2, -0.15) is 5.26 Å². The van der Waals surface area contributed by atoms with E-state index in [0.717, 1.165) is 12.8 Å². The fourth-order valence-electron chi connectivity index (χ4n) is 2.12. The highest BCUT2D eigenvalue weighted by Gasteiger charge is 2.16. The van der Waals surface area contributed by atoms with Crippen molar-refractivity contribution in [1.29, 1.82) is 5.26 Å². The lowest BCUT2D eigenvalue weighted by Gasteiger charge is -2.23. The van der Waals surface area contributed by atoms with E-state index in [0.29, 0.717) is 35.9 Å². The minimum atomic E-state index is 0.0662. The number of nitrogens with two attached hydrogens (primary N) is 2. The monoisotopic (exact) mass is 301 g/mol. The van der Waals surface area contributed by atoms with E-state index < -0.39 is 0 Å². The van der Waals surface area contributed by atoms with Crippen molar-refractivity contribution in [2.24, 2.45) is 10.7 Å². The lowest BCUT2D eigenvalue weighted by molar-refractivity contribution is 0.0208. The molecule has 1 saturated heterocycles. The molecule has 22 heavy (non-hydrogen) atoms. The summed E-state index contributed by atoms with van der Waals surface area (Å²) in [6.45, 7) is 1.36. The van der Waals surface area contributed by atoms with Crippen molar-refractivity contribution in [2.45, 2.75) is 18.9 Å². The molecular weight excluding hydrogens is 282 g/mol. The Balaban J connectivity index is 2.17. The molecule has 0 unspecified atom stereocenters. The van der Waals surface area contributed by atoms with E-state index in [9.17, 15) is 0 Å². The van der Waals surface area contributed by atoms with Crippen LogP contribution in [0.25, 0.3) is 5.70 Å². The van der Waals surface area contributed by atoms with Crippen LogP contribution in [0, 0.1) is 11.3 Å². The maximum atomic E-state index is 9.15. The molecule has 0 radical (unpaired) electrons. The van der Waals surface area contributed by atoms with Gasteiger partial charge in [-0.15, -0.1) is 0 Å². The first-order chi connectivity index (χ1) is 10.6. The number of nitriles is 1. The molecule has 0 aromatic carbocycles. The molecule has 1 aromatic heterocycles. The first-order valence-electron chi connectivity index (χ1n) is 6.98. The number of nitrogen functional groups attached to an aromatic ring is 1. The SMILES string of the molecule is CN=C(C=C(N)c1cnc(N)cc1C#N)OC1CCOCC1. The van der Waals surface area contributed by atoms with Crippen molar-refractivity contribution in [2.75, 3.05) is 26.0 Å². The van der Waals surface area contributed by atoms with Gasteiger partial charge in [0.2, 0.25) is 5.90 Å². The molecule has 7 heteroatoms. The van der Waals surface area contributed by atoms with Crippen molar-refractivity contribution < 1.29 is 9.47 Å². The van der Waals surface area contributed by atoms with Crippen LogP contribution in [0.5, 0.6) is 0 Å². The smallest absolute Gasteiger partial charge is 0.210 e. The molecule has 0 saturated carbocycles. The Morgan fingerprint density at radius 1 is 1.55 bits per heavy atom. The summed E-state index contributed by atoms with van der Waals surface area (Å²) in [7, 11) is 1.63. The molecule has 0 spiro atoms. The normalized spacial score (nSPS) is 17.1. The van der Waals surface area contributed by atoms with Gasteiger partial charge in [0.1, 0.15) is 18.0 Å². The van der Waals surface area contributed by atoms with E-state index in [1.807, 2.05) is 0 Å². The number of nitrogens with zero attached hydrogens (tertiary/aromatic N) is 3. The van der Waals surface area contributed by atoms with Crippen LogP contribution in [-0.4, -0.2) is 37.2 Å². The molecule has 4 N–H and O–H groups in total. The molecule has 116 valence electrons. The Bertz CT molecular complexity index is 627. The van der Waals surface area contributed by atoms with Gasteiger partial charge in [0, 0.05) is 43.4 Å². The maximum Gasteiger partial charge on any atom is 0.210 e. The fraction of sp³-hybridized carbons (Fsp3) is 0.400. The van der Waals surface area contributed by atoms with Gasteiger partial charge >= 0.3 is 0 Å². The number of aliphatic imine (C=N–C) groups is 1. The molecule has 1 aromatic rings. The van der Waals surface area contributed by atoms with Crippen molar-refractivity contribution in [1.82, 2.24) is 4.98 Å². The topological polar surface area (TPSA) is 120 Å². The molecule has 1 aliphatic rings. The summed E-state index contributed by atoms with van der Waals surface area (Å²) < 4.78 is 11.1. The molecule has 7 nitrogen and oxygen atoms in total. The van der Waals surface area contributed by atoms with E-state index in [-0.39, 0.29) is 11.9 Å². The van der Waals surface area contributed by atoms with Crippen LogP contribution in [0.4, 0.5) is 5.82 Å². The van der Waals surface area contributed by atoms with Crippen LogP contribution < -0.4 is 11.5 Å². The quantitative estimate of drug-likeness (QED) is 0.636. The molecular formula is C15H19N5O2. The Morgan fingerprint density at radius 3 is 2.91 bits per heavy atom. The molecule has 0 bridgehead atoms. The third kappa shape index (κ3) is 3.96. The molecule has 0 amide bonds. The number of anilines is 1. The number of hydrogen-bond donors (Lipinski definition) is 2. The maximum absolute atomic E-state index is 9.15. The largest absolute Gasteiger partial charge is 0.474 e. The van der Waals surface area contributed by atoms with Gasteiger partial charge in [-0.1, -0.05) is 0 Å². The van der Waals surface area contributed by atoms with E-state index in [4.69, 9.17) is 26.2 Å². The van der Waals surface area contributed by atoms with E-state index in [1.54, 1.807) is 13.1 Å². The Labute approximate surface area is 129 Å². The van der Waals surface area contributed by atoms with Crippen molar-refractivity contribution >= 4 is 17.4 Å². The number of pyridine rings is 1. The first-order valence-corrected chi connectivity index (χ1v) is 6.98. The molecule has 2 rings (SSSR count). The van der Waals surface area contributed by atoms with Crippen molar-refractivity contribution in [3.8, 4) is 6.07 Å². The highest BCUT2D eigenvalue weighted by molar-refractivity contribution is 5.95. The average molecular weight is 301 g/mol. The summed E-state index contributed by atoms with van der Waals surface area (Å²) in [4.78, 5) is 8.06. The average Bonchev–Trinajstić information content (AvgIpc) is 2.54. The standard InChI is InChI=1S/C15H19N5O2/c1-19-15(22-11-2-4-21-5-3-11)7-13(17)12-9-20-14(18)6-10(12)8-16/h6-7,9,11H,2-5,17H2,1H3,(H2,18,20). The highest BCUT2D eigenvalue weighted by atomic mass is 16.5. The predicted molar refractivity (Wildman–Crippen MR) is 83.8 cm³/mol. The molecule has 0 aliphatic carbocycles. The van der Waals surface area contributed by atoms with Gasteiger partial charge in [0.25, 0.3) is 0 Å². The number of ether oxygens (including phenoxy) is 2. The molecule has 0 atom stereocenters. The summed E-state index contributed by atoms with van der Waals surface area (Å²) in [6.07, 6.45) is 4.78. The van der Waals surface area contributed by atoms with Gasteiger partial charge in [0.15, 0.2) is 0 Å². The summed E-state index contributed by atoms with van der Waals surface area (Å²) in [5.41, 5.74) is 12.8. The lowest BCUT2D eigenvalue weighted by atomic mass is 10.1. The van der Waals surface area contributed by atoms with Gasteiger partial charge in [0.05, 0.1) is 18.8 Å². The van der Waals surface area contributed by atoms with Gasteiger partial charge in [-0.3, -0.25) is 4.99 Å². The molecule has 1 aliphatic heterocycles. The van der Waals surface area contributed by atoms with E-state index >= 15 is 0 Å². The van der Waals surface area contributed by atoms with Crippen LogP contribution >= 0.6 is 0 Å². The fourth-order valence-corrected chi connectivity index (χ4v) is 2.12. The van der Waals surface area contributed by atoms with Crippen LogP contribution in [0.15, 0.2) is 23.3 Å². The van der Waals surface area contributed by atoms with Crippen LogP contribution in [0.2, 0.25) is 0 Å². The summed E-state index contributed by atoms with van der Waals surface area (Å²) in [5, 5.41) is 9.15. The number of hydrogen-bond acceptors (Lipinski definition) is 7. The summed E-state index contributed by atoms with van der Waals surface area (Å²) in [5.74, 6) is 0.695. The van der Waals surface area contributed by atoms with Crippen LogP contribution in [0.1, 0.15) is 24.0 Å². The van der Waals surface area contributed by atoms with Crippen LogP contribution in [0.3, 0.4) is 0 Å². The number of rotatable bonds is 3. The first kappa shape index (κ1) is 15.8. The van der Waals surface area contributed by atoms with Crippen molar-refractivity contribution in [3.05, 3.63) is 29.5 Å². The van der Waals surface area contributed by atoms with Gasteiger partial charge in [-0.25, -0.2) is 4.98 Å². The minimum absolute atomic E-state index is 0.0662. The lowest BCUT2D eigenvalue weighted by Crippen LogP contribution is -2.25. The zero-order valence-corrected chi connectivity index (χ0v) is 12.5. The highest BCUT2D eigenvalue weighted by Crippen LogP contribution is 2.17. The Kier molecular flexibility index (Phi) is 5.33. The van der Waals surface area contributed by atoms with E-state index in [2.05, 4.69) is 16.0 Å². The Hall–Kier alpha value is -2.59. The van der Waals surface area contributed by atoms with Gasteiger partial charge in [-0.05, 0) is 6.07 Å². The van der Waals surface area contributed by atoms with Crippen LogP contribution in [-0.2, 0) is 9.47 Å². The predicted octanol–water partition coefficient (Wildman–Crippen LogP) is 1.06. The molecule has 2 heterocycles. The zero-order chi connectivity index (χ0) is 15.9.